The quantitative estimate of drug-likeness (QED) is 0.0508. The van der Waals surface area contributed by atoms with E-state index in [1.807, 2.05) is 105 Å². The van der Waals surface area contributed by atoms with Crippen LogP contribution in [0.1, 0.15) is 62.6 Å². The lowest BCUT2D eigenvalue weighted by Crippen LogP contribution is -2.60. The summed E-state index contributed by atoms with van der Waals surface area (Å²) < 4.78 is 0. The molecule has 6 amide bonds. The zero-order valence-corrected chi connectivity index (χ0v) is 38.5. The molecule has 0 aliphatic carbocycles. The molecule has 1 aliphatic rings. The van der Waals surface area contributed by atoms with Crippen LogP contribution in [0, 0.1) is 5.92 Å². The van der Waals surface area contributed by atoms with Gasteiger partial charge in [-0.05, 0) is 79.0 Å². The number of carbonyl (C=O) groups excluding carboxylic acids is 6. The van der Waals surface area contributed by atoms with E-state index in [0.717, 1.165) is 51.3 Å². The number of thioether (sulfide) groups is 1. The Bertz CT molecular complexity index is 2410. The molecule has 65 heavy (non-hydrogen) atoms. The predicted octanol–water partition coefficient (Wildman–Crippen LogP) is 3.87. The molecular formula is C49H63N9O6S. The van der Waals surface area contributed by atoms with Crippen LogP contribution < -0.4 is 32.3 Å². The van der Waals surface area contributed by atoms with Crippen LogP contribution in [0.3, 0.4) is 0 Å². The van der Waals surface area contributed by atoms with Crippen molar-refractivity contribution in [3.8, 4) is 0 Å². The Hall–Kier alpha value is -6.13. The number of fused-ring (bicyclic) bond motifs is 2. The number of aromatic amines is 2. The number of piperidine rings is 1. The molecule has 2 aromatic heterocycles. The van der Waals surface area contributed by atoms with Crippen molar-refractivity contribution < 1.29 is 28.8 Å². The Morgan fingerprint density at radius 2 is 1.26 bits per heavy atom. The van der Waals surface area contributed by atoms with E-state index < -0.39 is 65.8 Å². The molecule has 346 valence electrons. The summed E-state index contributed by atoms with van der Waals surface area (Å²) in [6.07, 6.45) is 8.84. The average molecular weight is 906 g/mol. The van der Waals surface area contributed by atoms with E-state index in [-0.39, 0.29) is 37.5 Å². The predicted molar refractivity (Wildman–Crippen MR) is 256 cm³/mol. The highest BCUT2D eigenvalue weighted by molar-refractivity contribution is 7.98. The van der Waals surface area contributed by atoms with Gasteiger partial charge in [0, 0.05) is 60.5 Å². The fraction of sp³-hybridized carbons (Fsp3) is 0.429. The minimum Gasteiger partial charge on any atom is -0.368 e. The lowest BCUT2D eigenvalue weighted by atomic mass is 9.98. The van der Waals surface area contributed by atoms with Crippen molar-refractivity contribution >= 4 is 69.0 Å². The molecule has 0 spiro atoms. The van der Waals surface area contributed by atoms with Gasteiger partial charge in [-0.25, -0.2) is 0 Å². The monoisotopic (exact) mass is 905 g/mol. The first-order chi connectivity index (χ1) is 31.3. The number of primary amides is 1. The Balaban J connectivity index is 1.31. The summed E-state index contributed by atoms with van der Waals surface area (Å²) in [5, 5.41) is 16.8. The molecule has 15 nitrogen and oxygen atoms in total. The molecule has 6 atom stereocenters. The van der Waals surface area contributed by atoms with Gasteiger partial charge < -0.3 is 47.2 Å². The molecule has 0 unspecified atom stereocenters. The van der Waals surface area contributed by atoms with Crippen molar-refractivity contribution in [2.45, 2.75) is 101 Å². The number of hydrogen-bond acceptors (Lipinski definition) is 8. The summed E-state index contributed by atoms with van der Waals surface area (Å²) >= 11 is 1.52. The summed E-state index contributed by atoms with van der Waals surface area (Å²) in [7, 11) is 1.52. The highest BCUT2D eigenvalue weighted by Crippen LogP contribution is 2.23. The van der Waals surface area contributed by atoms with Crippen molar-refractivity contribution in [2.24, 2.45) is 11.7 Å². The summed E-state index contributed by atoms with van der Waals surface area (Å²) in [5.74, 6) is -2.68. The maximum atomic E-state index is 14.9. The number of amides is 6. The first-order valence-corrected chi connectivity index (χ1v) is 23.9. The summed E-state index contributed by atoms with van der Waals surface area (Å²) in [4.78, 5) is 92.3. The van der Waals surface area contributed by atoms with Crippen LogP contribution in [-0.4, -0.2) is 112 Å². The number of H-pyrrole nitrogens is 2. The van der Waals surface area contributed by atoms with Crippen LogP contribution in [-0.2, 0) is 48.0 Å². The molecule has 16 heteroatoms. The Kier molecular flexibility index (Phi) is 17.2. The summed E-state index contributed by atoms with van der Waals surface area (Å²) in [6.45, 7) is 4.55. The molecule has 6 rings (SSSR count). The minimum atomic E-state index is -1.20. The van der Waals surface area contributed by atoms with Gasteiger partial charge >= 0.3 is 0 Å². The average Bonchev–Trinajstić information content (AvgIpc) is 3.92. The lowest BCUT2D eigenvalue weighted by Gasteiger charge is -2.33. The number of hydrogen-bond donors (Lipinski definition) is 8. The van der Waals surface area contributed by atoms with Crippen molar-refractivity contribution in [3.63, 3.8) is 0 Å². The van der Waals surface area contributed by atoms with Crippen LogP contribution >= 0.6 is 11.8 Å². The van der Waals surface area contributed by atoms with Crippen molar-refractivity contribution in [1.82, 2.24) is 41.5 Å². The van der Waals surface area contributed by atoms with Gasteiger partial charge in [0.15, 0.2) is 0 Å². The van der Waals surface area contributed by atoms with Gasteiger partial charge in [0.2, 0.25) is 35.4 Å². The number of para-hydroxylation sites is 2. The third-order valence-electron chi connectivity index (χ3n) is 12.1. The van der Waals surface area contributed by atoms with E-state index in [1.165, 1.54) is 23.7 Å². The van der Waals surface area contributed by atoms with E-state index >= 15 is 0 Å². The van der Waals surface area contributed by atoms with E-state index in [4.69, 9.17) is 5.73 Å². The second-order valence-electron chi connectivity index (χ2n) is 17.3. The van der Waals surface area contributed by atoms with Gasteiger partial charge in [0.05, 0.1) is 6.04 Å². The number of likely N-dealkylation sites (N-methyl/N-ethyl adjacent to an activating group) is 1. The van der Waals surface area contributed by atoms with Crippen LogP contribution in [0.25, 0.3) is 21.8 Å². The van der Waals surface area contributed by atoms with Crippen LogP contribution in [0.2, 0.25) is 0 Å². The maximum absolute atomic E-state index is 14.9. The van der Waals surface area contributed by atoms with Crippen LogP contribution in [0.15, 0.2) is 91.3 Å². The minimum absolute atomic E-state index is 0.0297. The first-order valence-electron chi connectivity index (χ1n) is 22.5. The maximum Gasteiger partial charge on any atom is 0.245 e. The molecule has 1 fully saturated rings. The van der Waals surface area contributed by atoms with E-state index in [9.17, 15) is 28.8 Å². The highest BCUT2D eigenvalue weighted by atomic mass is 32.2. The number of nitrogens with zero attached hydrogens (tertiary/aromatic N) is 1. The molecule has 3 heterocycles. The van der Waals surface area contributed by atoms with Gasteiger partial charge in [0.25, 0.3) is 0 Å². The Labute approximate surface area is 384 Å². The number of aromatic nitrogens is 2. The number of rotatable bonds is 22. The first kappa shape index (κ1) is 48.3. The molecule has 1 aliphatic heterocycles. The Morgan fingerprint density at radius 3 is 1.83 bits per heavy atom. The molecule has 0 saturated carbocycles. The van der Waals surface area contributed by atoms with Gasteiger partial charge in [0.1, 0.15) is 30.2 Å². The normalized spacial score (nSPS) is 16.2. The van der Waals surface area contributed by atoms with E-state index in [2.05, 4.69) is 36.6 Å². The van der Waals surface area contributed by atoms with Crippen molar-refractivity contribution in [3.05, 3.63) is 108 Å². The van der Waals surface area contributed by atoms with Gasteiger partial charge in [-0.15, -0.1) is 0 Å². The fourth-order valence-corrected chi connectivity index (χ4v) is 8.95. The summed E-state index contributed by atoms with van der Waals surface area (Å²) in [6, 6.07) is 18.7. The molecule has 1 saturated heterocycles. The number of nitrogens with one attached hydrogen (secondary N) is 7. The third-order valence-corrected chi connectivity index (χ3v) is 12.7. The van der Waals surface area contributed by atoms with Gasteiger partial charge in [-0.1, -0.05) is 87.0 Å². The largest absolute Gasteiger partial charge is 0.368 e. The van der Waals surface area contributed by atoms with Crippen molar-refractivity contribution in [2.75, 3.05) is 25.6 Å². The standard InChI is InChI=1S/C49H63N9O6S/c1-30(2)24-43(48(63)54-38(44(50)59)21-23-65-4)58(3)49(64)42(27-33-29-53-37-19-11-9-17-35(33)37)57-46(61)40(25-31-14-6-5-7-15-31)55-47(62)41(56-45(60)39-20-12-13-22-51-39)26-32-28-52-36-18-10-8-16-34(32)36/h5-11,14-19,28-30,38-43,51-53H,12-13,20-27H2,1-4H3,(H2,50,59)(H,54,63)(H,55,62)(H,56,60)(H,57,61)/t38-,39-,40-,41+,42+,43-/m0/s1. The van der Waals surface area contributed by atoms with E-state index in [0.29, 0.717) is 25.1 Å². The SMILES string of the molecule is CSCC[C@H](NC(=O)[C@H](CC(C)C)N(C)C(=O)[C@@H](Cc1c[nH]c2ccccc12)NC(=O)[C@H](Cc1ccccc1)NC(=O)[C@@H](Cc1c[nH]c2ccccc12)NC(=O)[C@@H]1CCCCN1)C(N)=O. The zero-order chi connectivity index (χ0) is 46.5. The zero-order valence-electron chi connectivity index (χ0n) is 37.7. The molecule has 3 aromatic carbocycles. The second kappa shape index (κ2) is 23.2. The molecule has 9 N–H and O–H groups in total. The van der Waals surface area contributed by atoms with E-state index in [1.54, 1.807) is 6.20 Å². The smallest absolute Gasteiger partial charge is 0.245 e. The second-order valence-corrected chi connectivity index (χ2v) is 18.3. The number of benzene rings is 3. The number of carbonyl (C=O) groups is 6. The summed E-state index contributed by atoms with van der Waals surface area (Å²) in [5.41, 5.74) is 9.75. The van der Waals surface area contributed by atoms with Gasteiger partial charge in [-0.2, -0.15) is 11.8 Å². The third kappa shape index (κ3) is 13.0. The molecule has 0 bridgehead atoms. The van der Waals surface area contributed by atoms with Crippen LogP contribution in [0.4, 0.5) is 0 Å². The molecular weight excluding hydrogens is 843 g/mol. The van der Waals surface area contributed by atoms with Crippen molar-refractivity contribution in [1.29, 1.82) is 0 Å². The highest BCUT2D eigenvalue weighted by Gasteiger charge is 2.37. The number of nitrogens with two attached hydrogens (primary N) is 1. The topological polar surface area (TPSA) is 223 Å². The van der Waals surface area contributed by atoms with Crippen LogP contribution in [0.5, 0.6) is 0 Å². The Morgan fingerprint density at radius 1 is 0.708 bits per heavy atom. The van der Waals surface area contributed by atoms with Gasteiger partial charge in [-0.3, -0.25) is 28.8 Å². The molecule has 0 radical (unpaired) electrons. The fourth-order valence-electron chi connectivity index (χ4n) is 8.48. The lowest BCUT2D eigenvalue weighted by molar-refractivity contribution is -0.143. The molecule has 5 aromatic rings.